The highest BCUT2D eigenvalue weighted by atomic mass is 14.6. The summed E-state index contributed by atoms with van der Waals surface area (Å²) in [4.78, 5) is 0. The second-order valence-electron chi connectivity index (χ2n) is 7.81. The number of nitrogen functional groups attached to an aromatic ring is 2. The van der Waals surface area contributed by atoms with E-state index in [1.165, 1.54) is 22.3 Å². The van der Waals surface area contributed by atoms with Gasteiger partial charge in [0.15, 0.2) is 0 Å². The van der Waals surface area contributed by atoms with E-state index in [4.69, 9.17) is 11.5 Å². The predicted molar refractivity (Wildman–Crippen MR) is 137 cm³/mol. The average Bonchev–Trinajstić information content (AvgIpc) is 2.85. The van der Waals surface area contributed by atoms with E-state index in [9.17, 15) is 0 Å². The molecule has 0 unspecified atom stereocenters. The fourth-order valence-corrected chi connectivity index (χ4v) is 4.38. The highest BCUT2D eigenvalue weighted by Crippen LogP contribution is 2.43. The Hall–Kier alpha value is -4.30. The van der Waals surface area contributed by atoms with Crippen LogP contribution in [0.25, 0.3) is 44.5 Å². The van der Waals surface area contributed by atoms with Gasteiger partial charge in [0.1, 0.15) is 0 Å². The SMILES string of the molecule is Nc1cccc(N)c1-c1ccccc1-c1ccccc1-c1ccccc1-c1ccccc1. The summed E-state index contributed by atoms with van der Waals surface area (Å²) in [6, 6.07) is 41.6. The predicted octanol–water partition coefficient (Wildman–Crippen LogP) is 7.52. The van der Waals surface area contributed by atoms with Crippen LogP contribution >= 0.6 is 0 Å². The molecule has 4 N–H and O–H groups in total. The molecular formula is C30H24N2. The van der Waals surface area contributed by atoms with E-state index >= 15 is 0 Å². The van der Waals surface area contributed by atoms with E-state index in [0.29, 0.717) is 11.4 Å². The maximum absolute atomic E-state index is 6.37. The van der Waals surface area contributed by atoms with Crippen LogP contribution in [0, 0.1) is 0 Å². The molecular weight excluding hydrogens is 388 g/mol. The topological polar surface area (TPSA) is 52.0 Å². The highest BCUT2D eigenvalue weighted by molar-refractivity contribution is 5.99. The van der Waals surface area contributed by atoms with Crippen LogP contribution in [0.1, 0.15) is 0 Å². The third-order valence-electron chi connectivity index (χ3n) is 5.84. The molecule has 0 radical (unpaired) electrons. The smallest absolute Gasteiger partial charge is 0.0414 e. The van der Waals surface area contributed by atoms with Gasteiger partial charge in [-0.1, -0.05) is 109 Å². The summed E-state index contributed by atoms with van der Waals surface area (Å²) >= 11 is 0. The largest absolute Gasteiger partial charge is 0.398 e. The molecule has 0 heterocycles. The Kier molecular flexibility index (Phi) is 5.19. The lowest BCUT2D eigenvalue weighted by molar-refractivity contribution is 1.55. The first-order valence-corrected chi connectivity index (χ1v) is 10.7. The van der Waals surface area contributed by atoms with Crippen LogP contribution in [0.5, 0.6) is 0 Å². The summed E-state index contributed by atoms with van der Waals surface area (Å²) in [5, 5.41) is 0. The molecule has 5 rings (SSSR count). The Morgan fingerprint density at radius 2 is 0.688 bits per heavy atom. The van der Waals surface area contributed by atoms with Gasteiger partial charge in [0, 0.05) is 16.9 Å². The van der Waals surface area contributed by atoms with Gasteiger partial charge in [-0.3, -0.25) is 0 Å². The first-order chi connectivity index (χ1) is 15.7. The Morgan fingerprint density at radius 3 is 1.22 bits per heavy atom. The zero-order valence-electron chi connectivity index (χ0n) is 17.7. The van der Waals surface area contributed by atoms with Crippen molar-refractivity contribution in [2.24, 2.45) is 0 Å². The zero-order chi connectivity index (χ0) is 21.9. The third-order valence-corrected chi connectivity index (χ3v) is 5.84. The van der Waals surface area contributed by atoms with Gasteiger partial charge in [0.05, 0.1) is 0 Å². The van der Waals surface area contributed by atoms with Crippen LogP contribution in [0.3, 0.4) is 0 Å². The van der Waals surface area contributed by atoms with Crippen molar-refractivity contribution in [3.05, 3.63) is 121 Å². The van der Waals surface area contributed by atoms with Crippen molar-refractivity contribution >= 4 is 11.4 Å². The van der Waals surface area contributed by atoms with Crippen LogP contribution in [0.2, 0.25) is 0 Å². The van der Waals surface area contributed by atoms with Crippen molar-refractivity contribution < 1.29 is 0 Å². The van der Waals surface area contributed by atoms with Gasteiger partial charge >= 0.3 is 0 Å². The first-order valence-electron chi connectivity index (χ1n) is 10.7. The molecule has 2 nitrogen and oxygen atoms in total. The number of benzene rings is 5. The number of rotatable bonds is 4. The van der Waals surface area contributed by atoms with Crippen molar-refractivity contribution in [2.75, 3.05) is 11.5 Å². The van der Waals surface area contributed by atoms with Crippen molar-refractivity contribution in [3.8, 4) is 44.5 Å². The Balaban J connectivity index is 1.76. The summed E-state index contributed by atoms with van der Waals surface area (Å²) in [6.45, 7) is 0. The lowest BCUT2D eigenvalue weighted by Crippen LogP contribution is -1.98. The molecule has 32 heavy (non-hydrogen) atoms. The number of anilines is 2. The summed E-state index contributed by atoms with van der Waals surface area (Å²) in [5.41, 5.74) is 23.0. The standard InChI is InChI=1S/C30H24N2/c31-28-19-10-20-29(32)30(28)27-18-9-8-17-26(27)25-16-7-6-15-24(25)23-14-5-4-13-22(23)21-11-2-1-3-12-21/h1-20H,31-32H2. The fraction of sp³-hybridized carbons (Fsp3) is 0. The van der Waals surface area contributed by atoms with Gasteiger partial charge < -0.3 is 11.5 Å². The molecule has 154 valence electrons. The summed E-state index contributed by atoms with van der Waals surface area (Å²) in [6.07, 6.45) is 0. The molecule has 0 amide bonds. The zero-order valence-corrected chi connectivity index (χ0v) is 17.7. The highest BCUT2D eigenvalue weighted by Gasteiger charge is 2.17. The Morgan fingerprint density at radius 1 is 0.312 bits per heavy atom. The van der Waals surface area contributed by atoms with Gasteiger partial charge in [-0.2, -0.15) is 0 Å². The average molecular weight is 413 g/mol. The van der Waals surface area contributed by atoms with Crippen molar-refractivity contribution in [3.63, 3.8) is 0 Å². The second kappa shape index (κ2) is 8.44. The van der Waals surface area contributed by atoms with E-state index in [0.717, 1.165) is 22.3 Å². The molecule has 0 aliphatic rings. The summed E-state index contributed by atoms with van der Waals surface area (Å²) in [7, 11) is 0. The molecule has 0 saturated heterocycles. The molecule has 0 fully saturated rings. The minimum Gasteiger partial charge on any atom is -0.398 e. The lowest BCUT2D eigenvalue weighted by atomic mass is 9.86. The van der Waals surface area contributed by atoms with Crippen molar-refractivity contribution in [2.45, 2.75) is 0 Å². The van der Waals surface area contributed by atoms with E-state index in [2.05, 4.69) is 91.0 Å². The van der Waals surface area contributed by atoms with Crippen LogP contribution in [0.4, 0.5) is 11.4 Å². The van der Waals surface area contributed by atoms with E-state index in [-0.39, 0.29) is 0 Å². The fourth-order valence-electron chi connectivity index (χ4n) is 4.38. The number of nitrogens with two attached hydrogens (primary N) is 2. The normalized spacial score (nSPS) is 10.8. The number of hydrogen-bond acceptors (Lipinski definition) is 2. The monoisotopic (exact) mass is 412 g/mol. The molecule has 0 bridgehead atoms. The maximum Gasteiger partial charge on any atom is 0.0414 e. The van der Waals surface area contributed by atoms with Crippen LogP contribution in [-0.2, 0) is 0 Å². The molecule has 5 aromatic carbocycles. The molecule has 0 aliphatic heterocycles. The minimum atomic E-state index is 0.680. The Bertz CT molecular complexity index is 1370. The van der Waals surface area contributed by atoms with E-state index in [1.807, 2.05) is 30.3 Å². The molecule has 0 saturated carbocycles. The van der Waals surface area contributed by atoms with Crippen LogP contribution < -0.4 is 11.5 Å². The quantitative estimate of drug-likeness (QED) is 0.300. The lowest BCUT2D eigenvalue weighted by Gasteiger charge is -2.18. The van der Waals surface area contributed by atoms with E-state index < -0.39 is 0 Å². The molecule has 0 aliphatic carbocycles. The van der Waals surface area contributed by atoms with Gasteiger partial charge in [-0.05, 0) is 51.1 Å². The molecule has 0 atom stereocenters. The van der Waals surface area contributed by atoms with Gasteiger partial charge in [0.25, 0.3) is 0 Å². The van der Waals surface area contributed by atoms with Crippen LogP contribution in [-0.4, -0.2) is 0 Å². The molecule has 0 aromatic heterocycles. The van der Waals surface area contributed by atoms with Crippen molar-refractivity contribution in [1.29, 1.82) is 0 Å². The molecule has 2 heteroatoms. The third kappa shape index (κ3) is 3.52. The summed E-state index contributed by atoms with van der Waals surface area (Å²) < 4.78 is 0. The second-order valence-corrected chi connectivity index (χ2v) is 7.81. The van der Waals surface area contributed by atoms with Gasteiger partial charge in [-0.15, -0.1) is 0 Å². The Labute approximate surface area is 188 Å². The van der Waals surface area contributed by atoms with Gasteiger partial charge in [0.2, 0.25) is 0 Å². The molecule has 5 aromatic rings. The van der Waals surface area contributed by atoms with Crippen LogP contribution in [0.15, 0.2) is 121 Å². The van der Waals surface area contributed by atoms with Gasteiger partial charge in [-0.25, -0.2) is 0 Å². The first kappa shape index (κ1) is 19.7. The van der Waals surface area contributed by atoms with E-state index in [1.54, 1.807) is 0 Å². The number of hydrogen-bond donors (Lipinski definition) is 2. The minimum absolute atomic E-state index is 0.680. The summed E-state index contributed by atoms with van der Waals surface area (Å²) in [5.74, 6) is 0. The van der Waals surface area contributed by atoms with Crippen molar-refractivity contribution in [1.82, 2.24) is 0 Å². The maximum atomic E-state index is 6.37. The molecule has 0 spiro atoms.